The topological polar surface area (TPSA) is 69.6 Å². The smallest absolute Gasteiger partial charge is 0.303 e. The molecule has 0 aromatic rings. The number of carbonyl (C=O) groups is 2. The standard InChI is InChI=1S/C14H26N2O3/c1-10(2)11(3)15-13(17)9-16-6-4-5-12(8-16)7-14(18)19/h10-12H,4-9H2,1-3H3,(H,15,17)(H,18,19). The first-order valence-electron chi connectivity index (χ1n) is 7.12. The Bertz CT molecular complexity index is 318. The lowest BCUT2D eigenvalue weighted by molar-refractivity contribution is -0.138. The largest absolute Gasteiger partial charge is 0.481 e. The summed E-state index contributed by atoms with van der Waals surface area (Å²) in [4.78, 5) is 24.7. The second kappa shape index (κ2) is 7.48. The highest BCUT2D eigenvalue weighted by Crippen LogP contribution is 2.19. The molecule has 1 rings (SSSR count). The van der Waals surface area contributed by atoms with Crippen molar-refractivity contribution < 1.29 is 14.7 Å². The number of piperidine rings is 1. The number of hydrogen-bond donors (Lipinski definition) is 2. The molecular weight excluding hydrogens is 244 g/mol. The molecule has 0 radical (unpaired) electrons. The van der Waals surface area contributed by atoms with Crippen LogP contribution in [0.4, 0.5) is 0 Å². The van der Waals surface area contributed by atoms with E-state index in [4.69, 9.17) is 5.11 Å². The molecule has 5 heteroatoms. The third-order valence-corrected chi connectivity index (χ3v) is 3.82. The highest BCUT2D eigenvalue weighted by molar-refractivity contribution is 5.78. The first-order valence-corrected chi connectivity index (χ1v) is 7.12. The van der Waals surface area contributed by atoms with Crippen LogP contribution < -0.4 is 5.32 Å². The molecule has 0 aromatic carbocycles. The van der Waals surface area contributed by atoms with Gasteiger partial charge in [0.25, 0.3) is 0 Å². The van der Waals surface area contributed by atoms with E-state index in [2.05, 4.69) is 24.1 Å². The predicted molar refractivity (Wildman–Crippen MR) is 73.9 cm³/mol. The van der Waals surface area contributed by atoms with Crippen molar-refractivity contribution in [2.24, 2.45) is 11.8 Å². The van der Waals surface area contributed by atoms with Gasteiger partial charge in [-0.15, -0.1) is 0 Å². The summed E-state index contributed by atoms with van der Waals surface area (Å²) in [5.41, 5.74) is 0. The number of rotatable bonds is 6. The van der Waals surface area contributed by atoms with Crippen molar-refractivity contribution in [2.75, 3.05) is 19.6 Å². The van der Waals surface area contributed by atoms with Crippen LogP contribution in [0.5, 0.6) is 0 Å². The molecule has 1 fully saturated rings. The number of nitrogens with zero attached hydrogens (tertiary/aromatic N) is 1. The molecule has 0 aliphatic carbocycles. The fraction of sp³-hybridized carbons (Fsp3) is 0.857. The molecule has 1 amide bonds. The maximum atomic E-state index is 11.9. The van der Waals surface area contributed by atoms with Gasteiger partial charge in [0.15, 0.2) is 0 Å². The van der Waals surface area contributed by atoms with Crippen molar-refractivity contribution in [3.8, 4) is 0 Å². The summed E-state index contributed by atoms with van der Waals surface area (Å²) in [5.74, 6) is -0.103. The van der Waals surface area contributed by atoms with Crippen LogP contribution in [0.2, 0.25) is 0 Å². The number of likely N-dealkylation sites (tertiary alicyclic amines) is 1. The number of hydrogen-bond acceptors (Lipinski definition) is 3. The first-order chi connectivity index (χ1) is 8.88. The molecule has 2 atom stereocenters. The maximum absolute atomic E-state index is 11.9. The fourth-order valence-corrected chi connectivity index (χ4v) is 2.38. The number of amides is 1. The minimum absolute atomic E-state index is 0.0391. The average Bonchev–Trinajstić information content (AvgIpc) is 2.27. The highest BCUT2D eigenvalue weighted by Gasteiger charge is 2.23. The van der Waals surface area contributed by atoms with Crippen molar-refractivity contribution in [3.63, 3.8) is 0 Å². The average molecular weight is 270 g/mol. The number of carboxylic acids is 1. The lowest BCUT2D eigenvalue weighted by Crippen LogP contribution is -2.46. The predicted octanol–water partition coefficient (Wildman–Crippen LogP) is 1.33. The molecule has 0 aromatic heterocycles. The van der Waals surface area contributed by atoms with Gasteiger partial charge in [0.2, 0.25) is 5.91 Å². The summed E-state index contributed by atoms with van der Waals surface area (Å²) in [6.45, 7) is 8.15. The zero-order chi connectivity index (χ0) is 14.4. The van der Waals surface area contributed by atoms with E-state index in [9.17, 15) is 9.59 Å². The Morgan fingerprint density at radius 2 is 2.05 bits per heavy atom. The van der Waals surface area contributed by atoms with Crippen LogP contribution in [0.25, 0.3) is 0 Å². The summed E-state index contributed by atoms with van der Waals surface area (Å²) in [6, 6.07) is 0.173. The molecule has 2 N–H and O–H groups in total. The van der Waals surface area contributed by atoms with Gasteiger partial charge < -0.3 is 10.4 Å². The van der Waals surface area contributed by atoms with E-state index in [1.165, 1.54) is 0 Å². The van der Waals surface area contributed by atoms with Crippen molar-refractivity contribution in [2.45, 2.75) is 46.1 Å². The van der Waals surface area contributed by atoms with Gasteiger partial charge in [0, 0.05) is 19.0 Å². The minimum Gasteiger partial charge on any atom is -0.481 e. The molecule has 0 spiro atoms. The monoisotopic (exact) mass is 270 g/mol. The van der Waals surface area contributed by atoms with Crippen LogP contribution in [0.15, 0.2) is 0 Å². The number of aliphatic carboxylic acids is 1. The third-order valence-electron chi connectivity index (χ3n) is 3.82. The van der Waals surface area contributed by atoms with Gasteiger partial charge in [-0.3, -0.25) is 14.5 Å². The number of carboxylic acid groups (broad SMARTS) is 1. The Kier molecular flexibility index (Phi) is 6.28. The second-order valence-electron chi connectivity index (χ2n) is 5.94. The highest BCUT2D eigenvalue weighted by atomic mass is 16.4. The van der Waals surface area contributed by atoms with Crippen LogP contribution >= 0.6 is 0 Å². The van der Waals surface area contributed by atoms with Crippen LogP contribution in [0.3, 0.4) is 0 Å². The van der Waals surface area contributed by atoms with Gasteiger partial charge in [-0.05, 0) is 38.1 Å². The van der Waals surface area contributed by atoms with Crippen molar-refractivity contribution in [3.05, 3.63) is 0 Å². The van der Waals surface area contributed by atoms with E-state index in [1.54, 1.807) is 0 Å². The third kappa shape index (κ3) is 6.05. The lowest BCUT2D eigenvalue weighted by atomic mass is 9.95. The fourth-order valence-electron chi connectivity index (χ4n) is 2.38. The Hall–Kier alpha value is -1.10. The minimum atomic E-state index is -0.746. The normalized spacial score (nSPS) is 22.2. The summed E-state index contributed by atoms with van der Waals surface area (Å²) in [5, 5.41) is 11.8. The Balaban J connectivity index is 2.35. The van der Waals surface area contributed by atoms with Gasteiger partial charge in [0.05, 0.1) is 6.54 Å². The molecular formula is C14H26N2O3. The number of nitrogens with one attached hydrogen (secondary N) is 1. The Morgan fingerprint density at radius 3 is 2.63 bits per heavy atom. The molecule has 1 saturated heterocycles. The van der Waals surface area contributed by atoms with Gasteiger partial charge in [0.1, 0.15) is 0 Å². The molecule has 1 heterocycles. The van der Waals surface area contributed by atoms with Crippen LogP contribution in [0.1, 0.15) is 40.0 Å². The quantitative estimate of drug-likeness (QED) is 0.764. The van der Waals surface area contributed by atoms with Crippen molar-refractivity contribution in [1.29, 1.82) is 0 Å². The van der Waals surface area contributed by atoms with Gasteiger partial charge in [-0.1, -0.05) is 13.8 Å². The zero-order valence-electron chi connectivity index (χ0n) is 12.2. The summed E-state index contributed by atoms with van der Waals surface area (Å²) in [6.07, 6.45) is 2.14. The van der Waals surface area contributed by atoms with Gasteiger partial charge in [-0.25, -0.2) is 0 Å². The summed E-state index contributed by atoms with van der Waals surface area (Å²) >= 11 is 0. The molecule has 1 aliphatic rings. The van der Waals surface area contributed by atoms with E-state index in [-0.39, 0.29) is 24.3 Å². The summed E-state index contributed by atoms with van der Waals surface area (Å²) in [7, 11) is 0. The molecule has 110 valence electrons. The molecule has 0 saturated carbocycles. The first kappa shape index (κ1) is 16.0. The van der Waals surface area contributed by atoms with Gasteiger partial charge >= 0.3 is 5.97 Å². The Labute approximate surface area is 115 Å². The van der Waals surface area contributed by atoms with Crippen LogP contribution in [-0.4, -0.2) is 47.6 Å². The van der Waals surface area contributed by atoms with Crippen molar-refractivity contribution >= 4 is 11.9 Å². The van der Waals surface area contributed by atoms with Crippen molar-refractivity contribution in [1.82, 2.24) is 10.2 Å². The lowest BCUT2D eigenvalue weighted by Gasteiger charge is -2.32. The van der Waals surface area contributed by atoms with E-state index in [0.29, 0.717) is 12.5 Å². The van der Waals surface area contributed by atoms with E-state index in [0.717, 1.165) is 25.9 Å². The molecule has 5 nitrogen and oxygen atoms in total. The van der Waals surface area contributed by atoms with Crippen LogP contribution in [0, 0.1) is 11.8 Å². The Morgan fingerprint density at radius 1 is 1.37 bits per heavy atom. The van der Waals surface area contributed by atoms with Crippen LogP contribution in [-0.2, 0) is 9.59 Å². The number of carbonyl (C=O) groups excluding carboxylic acids is 1. The zero-order valence-corrected chi connectivity index (χ0v) is 12.2. The SMILES string of the molecule is CC(C)C(C)NC(=O)CN1CCCC(CC(=O)O)C1. The second-order valence-corrected chi connectivity index (χ2v) is 5.94. The molecule has 1 aliphatic heterocycles. The van der Waals surface area contributed by atoms with Gasteiger partial charge in [-0.2, -0.15) is 0 Å². The van der Waals surface area contributed by atoms with E-state index < -0.39 is 5.97 Å². The molecule has 2 unspecified atom stereocenters. The van der Waals surface area contributed by atoms with E-state index in [1.807, 2.05) is 6.92 Å². The maximum Gasteiger partial charge on any atom is 0.303 e. The summed E-state index contributed by atoms with van der Waals surface area (Å²) < 4.78 is 0. The molecule has 0 bridgehead atoms. The molecule has 19 heavy (non-hydrogen) atoms. The van der Waals surface area contributed by atoms with E-state index >= 15 is 0 Å².